The molecule has 3 rings (SSSR count). The molecule has 9 heteroatoms. The molecule has 3 aromatic heterocycles. The molecule has 0 fully saturated rings. The van der Waals surface area contributed by atoms with Crippen LogP contribution in [-0.2, 0) is 0 Å². The van der Waals surface area contributed by atoms with Crippen molar-refractivity contribution in [2.45, 2.75) is 38.8 Å². The van der Waals surface area contributed by atoms with Crippen molar-refractivity contribution >= 4 is 17.3 Å². The molecule has 1 atom stereocenters. The number of hydrogen-bond acceptors (Lipinski definition) is 7. The third-order valence-electron chi connectivity index (χ3n) is 4.88. The summed E-state index contributed by atoms with van der Waals surface area (Å²) < 4.78 is 3.75. The summed E-state index contributed by atoms with van der Waals surface area (Å²) in [6, 6.07) is 2.27. The Morgan fingerprint density at radius 3 is 2.76 bits per heavy atom. The van der Waals surface area contributed by atoms with Crippen molar-refractivity contribution in [2.75, 3.05) is 13.1 Å². The average Bonchev–Trinajstić information content (AvgIpc) is 3.41. The molecular weight excluding hydrogens is 368 g/mol. The number of nitrogens with two attached hydrogens (primary N) is 2. The highest BCUT2D eigenvalue weighted by molar-refractivity contribution is 6.09. The van der Waals surface area contributed by atoms with Crippen LogP contribution in [0.4, 0.5) is 0 Å². The molecule has 0 bridgehead atoms. The van der Waals surface area contributed by atoms with Crippen molar-refractivity contribution in [3.8, 4) is 11.3 Å². The maximum atomic E-state index is 9.58. The van der Waals surface area contributed by atoms with E-state index < -0.39 is 6.10 Å². The maximum absolute atomic E-state index is 9.58. The Bertz CT molecular complexity index is 999. The van der Waals surface area contributed by atoms with Crippen LogP contribution in [0.25, 0.3) is 22.3 Å². The fourth-order valence-corrected chi connectivity index (χ4v) is 3.14. The fraction of sp³-hybridized carbons (Fsp3) is 0.400. The standard InChI is InChI=1S/C20H28N8O/c1-3-16(4-2)27-12-15(10-25-27)20-19-5-6-24-28(19)13-18(26-20)14(7-21)9-23-11-17(29)8-22/h5-7,9-10,12-13,16-17,29H,3-4,8,11,21-22H2,1-2H3. The van der Waals surface area contributed by atoms with Crippen molar-refractivity contribution in [1.29, 1.82) is 0 Å². The third kappa shape index (κ3) is 4.52. The van der Waals surface area contributed by atoms with Gasteiger partial charge in [-0.25, -0.2) is 9.50 Å². The summed E-state index contributed by atoms with van der Waals surface area (Å²) >= 11 is 0. The van der Waals surface area contributed by atoms with E-state index in [-0.39, 0.29) is 13.1 Å². The van der Waals surface area contributed by atoms with E-state index in [1.165, 1.54) is 6.20 Å². The largest absolute Gasteiger partial charge is 0.404 e. The lowest BCUT2D eigenvalue weighted by Crippen LogP contribution is -2.22. The Balaban J connectivity index is 2.00. The van der Waals surface area contributed by atoms with Crippen molar-refractivity contribution in [3.63, 3.8) is 0 Å². The predicted octanol–water partition coefficient (Wildman–Crippen LogP) is 1.64. The van der Waals surface area contributed by atoms with Crippen LogP contribution in [0.1, 0.15) is 38.4 Å². The molecule has 0 amide bonds. The van der Waals surface area contributed by atoms with Crippen molar-refractivity contribution < 1.29 is 5.11 Å². The zero-order valence-corrected chi connectivity index (χ0v) is 16.8. The second kappa shape index (κ2) is 9.44. The van der Waals surface area contributed by atoms with Gasteiger partial charge in [-0.05, 0) is 18.9 Å². The lowest BCUT2D eigenvalue weighted by atomic mass is 10.1. The second-order valence-electron chi connectivity index (χ2n) is 6.82. The summed E-state index contributed by atoms with van der Waals surface area (Å²) in [5, 5.41) is 18.5. The van der Waals surface area contributed by atoms with E-state index in [1.54, 1.807) is 23.1 Å². The molecule has 0 spiro atoms. The first-order valence-electron chi connectivity index (χ1n) is 9.80. The lowest BCUT2D eigenvalue weighted by Gasteiger charge is -2.12. The van der Waals surface area contributed by atoms with Gasteiger partial charge in [0.25, 0.3) is 0 Å². The number of aliphatic hydroxyl groups is 1. The molecule has 0 aliphatic rings. The van der Waals surface area contributed by atoms with Crippen LogP contribution in [-0.4, -0.2) is 54.9 Å². The van der Waals surface area contributed by atoms with Crippen molar-refractivity contribution in [2.24, 2.45) is 16.5 Å². The normalized spacial score (nSPS) is 13.8. The molecular formula is C20H28N8O. The Hall–Kier alpha value is -3.04. The minimum atomic E-state index is -0.682. The summed E-state index contributed by atoms with van der Waals surface area (Å²) in [6.45, 7) is 4.67. The monoisotopic (exact) mass is 396 g/mol. The summed E-state index contributed by atoms with van der Waals surface area (Å²) in [4.78, 5) is 9.04. The second-order valence-corrected chi connectivity index (χ2v) is 6.82. The average molecular weight is 396 g/mol. The van der Waals surface area contributed by atoms with Crippen LogP contribution in [0.2, 0.25) is 0 Å². The van der Waals surface area contributed by atoms with E-state index in [4.69, 9.17) is 16.5 Å². The summed E-state index contributed by atoms with van der Waals surface area (Å²) in [5.74, 6) is 0. The van der Waals surface area contributed by atoms with Gasteiger partial charge in [-0.3, -0.25) is 9.67 Å². The molecule has 9 nitrogen and oxygen atoms in total. The lowest BCUT2D eigenvalue weighted by molar-refractivity contribution is 0.192. The van der Waals surface area contributed by atoms with Crippen LogP contribution in [0.15, 0.2) is 42.0 Å². The quantitative estimate of drug-likeness (QED) is 0.471. The molecule has 0 aromatic carbocycles. The summed E-state index contributed by atoms with van der Waals surface area (Å²) in [6.07, 6.45) is 11.8. The first-order valence-corrected chi connectivity index (χ1v) is 9.80. The van der Waals surface area contributed by atoms with Crippen molar-refractivity contribution in [1.82, 2.24) is 24.4 Å². The molecule has 3 heterocycles. The Kier molecular flexibility index (Phi) is 6.73. The van der Waals surface area contributed by atoms with E-state index in [9.17, 15) is 5.11 Å². The van der Waals surface area contributed by atoms with E-state index >= 15 is 0 Å². The first kappa shape index (κ1) is 20.7. The van der Waals surface area contributed by atoms with Gasteiger partial charge in [0, 0.05) is 36.3 Å². The summed E-state index contributed by atoms with van der Waals surface area (Å²) in [5.41, 5.74) is 15.0. The highest BCUT2D eigenvalue weighted by Crippen LogP contribution is 2.26. The molecule has 0 saturated heterocycles. The van der Waals surface area contributed by atoms with Gasteiger partial charge < -0.3 is 16.6 Å². The molecule has 154 valence electrons. The van der Waals surface area contributed by atoms with Crippen LogP contribution in [0.5, 0.6) is 0 Å². The number of aliphatic imine (C=N–C) groups is 1. The van der Waals surface area contributed by atoms with E-state index in [0.717, 1.165) is 29.6 Å². The Morgan fingerprint density at radius 1 is 1.28 bits per heavy atom. The van der Waals surface area contributed by atoms with Gasteiger partial charge in [0.05, 0.1) is 54.2 Å². The number of hydrogen-bond donors (Lipinski definition) is 3. The van der Waals surface area contributed by atoms with Gasteiger partial charge in [-0.2, -0.15) is 10.2 Å². The number of nitrogens with zero attached hydrogens (tertiary/aromatic N) is 6. The fourth-order valence-electron chi connectivity index (χ4n) is 3.14. The van der Waals surface area contributed by atoms with Gasteiger partial charge in [0.1, 0.15) is 0 Å². The first-order chi connectivity index (χ1) is 14.1. The van der Waals surface area contributed by atoms with E-state index in [2.05, 4.69) is 29.0 Å². The molecule has 3 aromatic rings. The third-order valence-corrected chi connectivity index (χ3v) is 4.88. The van der Waals surface area contributed by atoms with Gasteiger partial charge in [-0.1, -0.05) is 13.8 Å². The van der Waals surface area contributed by atoms with Crippen LogP contribution in [0, 0.1) is 0 Å². The van der Waals surface area contributed by atoms with Crippen LogP contribution >= 0.6 is 0 Å². The Morgan fingerprint density at radius 2 is 2.07 bits per heavy atom. The number of allylic oxidation sites excluding steroid dienone is 1. The minimum Gasteiger partial charge on any atom is -0.404 e. The summed E-state index contributed by atoms with van der Waals surface area (Å²) in [7, 11) is 0. The highest BCUT2D eigenvalue weighted by atomic mass is 16.3. The van der Waals surface area contributed by atoms with E-state index in [0.29, 0.717) is 17.3 Å². The molecule has 0 aliphatic carbocycles. The highest BCUT2D eigenvalue weighted by Gasteiger charge is 2.15. The smallest absolute Gasteiger partial charge is 0.0999 e. The number of aromatic nitrogens is 5. The Labute approximate surface area is 169 Å². The molecule has 0 saturated carbocycles. The SMILES string of the molecule is CCC(CC)n1cc(-c2nc(C(C=NCC(O)CN)=CN)cn3nccc23)cn1. The van der Waals surface area contributed by atoms with Crippen LogP contribution < -0.4 is 11.5 Å². The van der Waals surface area contributed by atoms with Crippen molar-refractivity contribution in [3.05, 3.63) is 42.7 Å². The molecule has 5 N–H and O–H groups in total. The molecule has 0 aliphatic heterocycles. The van der Waals surface area contributed by atoms with Gasteiger partial charge in [0.2, 0.25) is 0 Å². The van der Waals surface area contributed by atoms with Crippen LogP contribution in [0.3, 0.4) is 0 Å². The number of aliphatic hydroxyl groups excluding tert-OH is 1. The van der Waals surface area contributed by atoms with Gasteiger partial charge >= 0.3 is 0 Å². The zero-order valence-electron chi connectivity index (χ0n) is 16.8. The molecule has 1 unspecified atom stereocenters. The number of rotatable bonds is 9. The van der Waals surface area contributed by atoms with Gasteiger partial charge in [0.15, 0.2) is 0 Å². The predicted molar refractivity (Wildman–Crippen MR) is 114 cm³/mol. The molecule has 29 heavy (non-hydrogen) atoms. The van der Waals surface area contributed by atoms with E-state index in [1.807, 2.05) is 23.1 Å². The minimum absolute atomic E-state index is 0.154. The maximum Gasteiger partial charge on any atom is 0.0999 e. The zero-order chi connectivity index (χ0) is 20.8. The molecule has 0 radical (unpaired) electrons. The van der Waals surface area contributed by atoms with Gasteiger partial charge in [-0.15, -0.1) is 0 Å². The number of fused-ring (bicyclic) bond motifs is 1. The topological polar surface area (TPSA) is 133 Å².